The molecule has 0 bridgehead atoms. The van der Waals surface area contributed by atoms with Crippen molar-refractivity contribution in [1.82, 2.24) is 14.9 Å². The molecule has 1 aromatic carbocycles. The van der Waals surface area contributed by atoms with Gasteiger partial charge < -0.3 is 14.4 Å². The average molecular weight is 409 g/mol. The van der Waals surface area contributed by atoms with Crippen LogP contribution in [-0.4, -0.2) is 46.7 Å². The van der Waals surface area contributed by atoms with Gasteiger partial charge in [0.1, 0.15) is 18.7 Å². The fourth-order valence-electron chi connectivity index (χ4n) is 2.80. The third-order valence-electron chi connectivity index (χ3n) is 4.14. The summed E-state index contributed by atoms with van der Waals surface area (Å²) in [6, 6.07) is 9.14. The Morgan fingerprint density at radius 2 is 1.97 bits per heavy atom. The maximum atomic E-state index is 12.7. The Kier molecular flexibility index (Phi) is 6.24. The molecule has 1 aliphatic rings. The van der Waals surface area contributed by atoms with E-state index in [-0.39, 0.29) is 37.2 Å². The number of aromatic nitrogens is 2. The van der Waals surface area contributed by atoms with Crippen LogP contribution in [0.1, 0.15) is 26.0 Å². The number of halogens is 3. The van der Waals surface area contributed by atoms with E-state index in [1.165, 1.54) is 0 Å². The van der Waals surface area contributed by atoms with Gasteiger partial charge in [-0.25, -0.2) is 4.98 Å². The molecule has 29 heavy (non-hydrogen) atoms. The quantitative estimate of drug-likeness (QED) is 0.751. The number of hydrogen-bond acceptors (Lipinski definition) is 5. The minimum atomic E-state index is -4.57. The van der Waals surface area contributed by atoms with Gasteiger partial charge in [-0.3, -0.25) is 4.79 Å². The summed E-state index contributed by atoms with van der Waals surface area (Å²) in [7, 11) is 0. The second-order valence-corrected chi connectivity index (χ2v) is 7.15. The van der Waals surface area contributed by atoms with Crippen LogP contribution in [-0.2, 0) is 11.3 Å². The normalized spacial score (nSPS) is 14.2. The lowest BCUT2D eigenvalue weighted by Gasteiger charge is -2.20. The molecule has 1 aliphatic heterocycles. The van der Waals surface area contributed by atoms with Gasteiger partial charge in [-0.1, -0.05) is 44.2 Å². The topological polar surface area (TPSA) is 64.6 Å². The van der Waals surface area contributed by atoms with Crippen molar-refractivity contribution < 1.29 is 27.4 Å². The predicted octanol–water partition coefficient (Wildman–Crippen LogP) is 3.85. The third kappa shape index (κ3) is 5.58. The Hall–Kier alpha value is -2.84. The number of carbonyl (C=O) groups is 1. The molecule has 0 atom stereocenters. The summed E-state index contributed by atoms with van der Waals surface area (Å²) in [4.78, 5) is 22.1. The molecule has 9 heteroatoms. The van der Waals surface area contributed by atoms with Crippen LogP contribution in [0.5, 0.6) is 11.6 Å². The highest BCUT2D eigenvalue weighted by atomic mass is 19.4. The first-order chi connectivity index (χ1) is 13.7. The molecule has 0 N–H and O–H groups in total. The maximum absolute atomic E-state index is 12.7. The molecule has 0 radical (unpaired) electrons. The lowest BCUT2D eigenvalue weighted by atomic mass is 10.2. The molecule has 156 valence electrons. The van der Waals surface area contributed by atoms with Gasteiger partial charge >= 0.3 is 6.18 Å². The van der Waals surface area contributed by atoms with Crippen LogP contribution >= 0.6 is 0 Å². The molecule has 2 heterocycles. The zero-order valence-corrected chi connectivity index (χ0v) is 16.2. The number of hydrogen-bond donors (Lipinski definition) is 0. The largest absolute Gasteiger partial charge is 0.485 e. The molecule has 3 rings (SSSR count). The Balaban J connectivity index is 1.97. The third-order valence-corrected chi connectivity index (χ3v) is 4.14. The predicted molar refractivity (Wildman–Crippen MR) is 99.4 cm³/mol. The van der Waals surface area contributed by atoms with Crippen molar-refractivity contribution in [3.8, 4) is 23.0 Å². The molecular formula is C20H22F3N3O3. The fourth-order valence-corrected chi connectivity index (χ4v) is 2.80. The van der Waals surface area contributed by atoms with E-state index in [0.29, 0.717) is 18.1 Å². The van der Waals surface area contributed by atoms with E-state index in [9.17, 15) is 18.0 Å². The standard InChI is InChI=1S/C20H22F3N3O3/c1-13(2)12-29-19-17-15(24-18(25-19)14-6-4-3-5-7-14)11-26(8-9-28-17)16(27)10-20(21,22)23/h3-7,13H,8-12H2,1-2H3. The maximum Gasteiger partial charge on any atom is 0.397 e. The summed E-state index contributed by atoms with van der Waals surface area (Å²) in [6.07, 6.45) is -6.09. The summed E-state index contributed by atoms with van der Waals surface area (Å²) < 4.78 is 49.5. The molecule has 0 unspecified atom stereocenters. The number of amides is 1. The van der Waals surface area contributed by atoms with Crippen molar-refractivity contribution in [2.24, 2.45) is 5.92 Å². The van der Waals surface area contributed by atoms with Crippen molar-refractivity contribution in [3.05, 3.63) is 36.0 Å². The fraction of sp³-hybridized carbons (Fsp3) is 0.450. The monoisotopic (exact) mass is 409 g/mol. The van der Waals surface area contributed by atoms with Gasteiger partial charge in [0.2, 0.25) is 11.7 Å². The first-order valence-electron chi connectivity index (χ1n) is 9.29. The highest BCUT2D eigenvalue weighted by Crippen LogP contribution is 2.34. The van der Waals surface area contributed by atoms with Crippen LogP contribution in [0.25, 0.3) is 11.4 Å². The first-order valence-corrected chi connectivity index (χ1v) is 9.29. The zero-order valence-electron chi connectivity index (χ0n) is 16.2. The summed E-state index contributed by atoms with van der Waals surface area (Å²) in [5.41, 5.74) is 1.05. The number of nitrogens with zero attached hydrogens (tertiary/aromatic N) is 3. The molecule has 0 spiro atoms. The van der Waals surface area contributed by atoms with Crippen molar-refractivity contribution in [2.75, 3.05) is 19.8 Å². The number of alkyl halides is 3. The molecule has 6 nitrogen and oxygen atoms in total. The Bertz CT molecular complexity index is 857. The van der Waals surface area contributed by atoms with E-state index in [4.69, 9.17) is 9.47 Å². The lowest BCUT2D eigenvalue weighted by molar-refractivity contribution is -0.162. The number of rotatable bonds is 5. The van der Waals surface area contributed by atoms with Gasteiger partial charge in [0.05, 0.1) is 19.7 Å². The van der Waals surface area contributed by atoms with E-state index in [1.54, 1.807) is 0 Å². The molecule has 0 aliphatic carbocycles. The van der Waals surface area contributed by atoms with Crippen LogP contribution in [0, 0.1) is 5.92 Å². The number of benzene rings is 1. The van der Waals surface area contributed by atoms with E-state index in [1.807, 2.05) is 44.2 Å². The van der Waals surface area contributed by atoms with E-state index < -0.39 is 18.5 Å². The SMILES string of the molecule is CC(C)COc1nc(-c2ccccc2)nc2c1OCCN(C(=O)CC(F)(F)F)C2. The van der Waals surface area contributed by atoms with Crippen LogP contribution in [0.4, 0.5) is 13.2 Å². The van der Waals surface area contributed by atoms with E-state index in [0.717, 1.165) is 10.5 Å². The minimum Gasteiger partial charge on any atom is -0.485 e. The smallest absolute Gasteiger partial charge is 0.397 e. The van der Waals surface area contributed by atoms with Crippen molar-refractivity contribution in [3.63, 3.8) is 0 Å². The van der Waals surface area contributed by atoms with Crippen LogP contribution in [0.2, 0.25) is 0 Å². The van der Waals surface area contributed by atoms with Crippen LogP contribution in [0.15, 0.2) is 30.3 Å². The van der Waals surface area contributed by atoms with Crippen molar-refractivity contribution in [2.45, 2.75) is 33.0 Å². The lowest BCUT2D eigenvalue weighted by Crippen LogP contribution is -2.35. The van der Waals surface area contributed by atoms with Crippen molar-refractivity contribution >= 4 is 5.91 Å². The van der Waals surface area contributed by atoms with Gasteiger partial charge in [-0.15, -0.1) is 0 Å². The molecule has 0 saturated carbocycles. The molecule has 1 aromatic heterocycles. The summed E-state index contributed by atoms with van der Waals surface area (Å²) >= 11 is 0. The van der Waals surface area contributed by atoms with Gasteiger partial charge in [-0.2, -0.15) is 18.2 Å². The molecule has 0 saturated heterocycles. The van der Waals surface area contributed by atoms with Gasteiger partial charge in [0, 0.05) is 5.56 Å². The highest BCUT2D eigenvalue weighted by molar-refractivity contribution is 5.77. The molecule has 0 fully saturated rings. The summed E-state index contributed by atoms with van der Waals surface area (Å²) in [6.45, 7) is 4.30. The van der Waals surface area contributed by atoms with Crippen LogP contribution < -0.4 is 9.47 Å². The summed E-state index contributed by atoms with van der Waals surface area (Å²) in [5.74, 6) is 0.0760. The second-order valence-electron chi connectivity index (χ2n) is 7.15. The molecular weight excluding hydrogens is 387 g/mol. The molecule has 1 amide bonds. The van der Waals surface area contributed by atoms with E-state index >= 15 is 0 Å². The minimum absolute atomic E-state index is 0.0234. The number of fused-ring (bicyclic) bond motifs is 1. The average Bonchev–Trinajstić information content (AvgIpc) is 2.88. The van der Waals surface area contributed by atoms with E-state index in [2.05, 4.69) is 9.97 Å². The highest BCUT2D eigenvalue weighted by Gasteiger charge is 2.35. The first kappa shape index (κ1) is 20.9. The Morgan fingerprint density at radius 1 is 1.24 bits per heavy atom. The van der Waals surface area contributed by atoms with Crippen molar-refractivity contribution in [1.29, 1.82) is 0 Å². The Morgan fingerprint density at radius 3 is 2.62 bits per heavy atom. The van der Waals surface area contributed by atoms with Gasteiger partial charge in [0.15, 0.2) is 5.82 Å². The Labute approximate surface area is 166 Å². The van der Waals surface area contributed by atoms with Gasteiger partial charge in [0.25, 0.3) is 5.88 Å². The number of carbonyl (C=O) groups excluding carboxylic acids is 1. The summed E-state index contributed by atoms with van der Waals surface area (Å²) in [5, 5.41) is 0. The van der Waals surface area contributed by atoms with Crippen LogP contribution in [0.3, 0.4) is 0 Å². The zero-order chi connectivity index (χ0) is 21.0. The number of ether oxygens (including phenoxy) is 2. The van der Waals surface area contributed by atoms with Gasteiger partial charge in [-0.05, 0) is 5.92 Å². The second kappa shape index (κ2) is 8.67. The molecule has 2 aromatic rings.